The van der Waals surface area contributed by atoms with Gasteiger partial charge in [-0.05, 0) is 30.1 Å². The average Bonchev–Trinajstić information content (AvgIpc) is 2.03. The highest BCUT2D eigenvalue weighted by Gasteiger charge is 2.55. The highest BCUT2D eigenvalue weighted by Crippen LogP contribution is 2.60. The first-order valence-corrected chi connectivity index (χ1v) is 4.78. The molecular formula is C10H17NO. The van der Waals surface area contributed by atoms with E-state index in [1.807, 2.05) is 0 Å². The summed E-state index contributed by atoms with van der Waals surface area (Å²) in [5, 5.41) is 12.1. The second-order valence-electron chi connectivity index (χ2n) is 4.94. The molecular weight excluding hydrogens is 150 g/mol. The lowest BCUT2D eigenvalue weighted by molar-refractivity contribution is -0.0534. The van der Waals surface area contributed by atoms with E-state index in [1.165, 1.54) is 6.42 Å². The summed E-state index contributed by atoms with van der Waals surface area (Å²) < 4.78 is 0. The third-order valence-corrected chi connectivity index (χ3v) is 4.26. The molecule has 0 spiro atoms. The molecule has 1 N–H and O–H groups in total. The average molecular weight is 167 g/mol. The molecule has 3 fully saturated rings. The SMILES string of the molecule is CC1/C(=N/O)C[C@@H]2C[C@H]1C2(C)C. The lowest BCUT2D eigenvalue weighted by Crippen LogP contribution is -2.55. The zero-order chi connectivity index (χ0) is 8.93. The van der Waals surface area contributed by atoms with Crippen LogP contribution < -0.4 is 0 Å². The van der Waals surface area contributed by atoms with Gasteiger partial charge in [-0.15, -0.1) is 0 Å². The minimum absolute atomic E-state index is 0.494. The largest absolute Gasteiger partial charge is 0.411 e. The van der Waals surface area contributed by atoms with Gasteiger partial charge in [0.15, 0.2) is 0 Å². The molecule has 3 atom stereocenters. The zero-order valence-corrected chi connectivity index (χ0v) is 8.04. The fourth-order valence-electron chi connectivity index (χ4n) is 3.05. The lowest BCUT2D eigenvalue weighted by Gasteiger charge is -2.59. The Morgan fingerprint density at radius 1 is 1.50 bits per heavy atom. The first-order valence-electron chi connectivity index (χ1n) is 4.78. The summed E-state index contributed by atoms with van der Waals surface area (Å²) in [6.07, 6.45) is 2.36. The van der Waals surface area contributed by atoms with Crippen LogP contribution in [0.15, 0.2) is 5.16 Å². The molecule has 3 rings (SSSR count). The van der Waals surface area contributed by atoms with Crippen molar-refractivity contribution < 1.29 is 5.21 Å². The first-order chi connectivity index (χ1) is 5.57. The van der Waals surface area contributed by atoms with Gasteiger partial charge in [0.05, 0.1) is 5.71 Å². The lowest BCUT2D eigenvalue weighted by atomic mass is 9.45. The molecule has 0 amide bonds. The number of hydrogen-bond acceptors (Lipinski definition) is 2. The highest BCUT2D eigenvalue weighted by molar-refractivity contribution is 5.88. The van der Waals surface area contributed by atoms with Crippen molar-refractivity contribution in [2.24, 2.45) is 28.3 Å². The molecule has 0 aromatic heterocycles. The van der Waals surface area contributed by atoms with E-state index in [2.05, 4.69) is 25.9 Å². The second-order valence-corrected chi connectivity index (χ2v) is 4.94. The quantitative estimate of drug-likeness (QED) is 0.436. The van der Waals surface area contributed by atoms with Crippen LogP contribution in [0.3, 0.4) is 0 Å². The smallest absolute Gasteiger partial charge is 0.0604 e. The maximum absolute atomic E-state index is 8.76. The predicted molar refractivity (Wildman–Crippen MR) is 48.4 cm³/mol. The Hall–Kier alpha value is -0.530. The summed E-state index contributed by atoms with van der Waals surface area (Å²) in [5.74, 6) is 2.02. The molecule has 2 nitrogen and oxygen atoms in total. The summed E-state index contributed by atoms with van der Waals surface area (Å²) in [4.78, 5) is 0. The summed E-state index contributed by atoms with van der Waals surface area (Å²) >= 11 is 0. The van der Waals surface area contributed by atoms with Crippen LogP contribution in [0.25, 0.3) is 0 Å². The van der Waals surface area contributed by atoms with Crippen molar-refractivity contribution in [3.05, 3.63) is 0 Å². The van der Waals surface area contributed by atoms with Gasteiger partial charge in [0.1, 0.15) is 0 Å². The van der Waals surface area contributed by atoms with Crippen LogP contribution in [-0.4, -0.2) is 10.9 Å². The molecule has 0 saturated heterocycles. The monoisotopic (exact) mass is 167 g/mol. The first kappa shape index (κ1) is 8.09. The molecule has 0 aromatic rings. The van der Waals surface area contributed by atoms with Crippen molar-refractivity contribution >= 4 is 5.71 Å². The minimum atomic E-state index is 0.494. The van der Waals surface area contributed by atoms with Gasteiger partial charge in [0.25, 0.3) is 0 Å². The van der Waals surface area contributed by atoms with Crippen molar-refractivity contribution in [1.29, 1.82) is 0 Å². The second kappa shape index (κ2) is 2.24. The Balaban J connectivity index is 2.22. The van der Waals surface area contributed by atoms with Crippen molar-refractivity contribution in [3.63, 3.8) is 0 Å². The molecule has 2 bridgehead atoms. The van der Waals surface area contributed by atoms with Gasteiger partial charge in [-0.1, -0.05) is 25.9 Å². The normalized spacial score (nSPS) is 47.2. The predicted octanol–water partition coefficient (Wildman–Crippen LogP) is 2.52. The molecule has 3 saturated carbocycles. The van der Waals surface area contributed by atoms with Crippen molar-refractivity contribution in [1.82, 2.24) is 0 Å². The van der Waals surface area contributed by atoms with Crippen molar-refractivity contribution in [2.75, 3.05) is 0 Å². The zero-order valence-electron chi connectivity index (χ0n) is 8.04. The molecule has 3 aliphatic carbocycles. The van der Waals surface area contributed by atoms with Gasteiger partial charge < -0.3 is 5.21 Å². The topological polar surface area (TPSA) is 32.6 Å². The summed E-state index contributed by atoms with van der Waals surface area (Å²) in [5.41, 5.74) is 1.52. The minimum Gasteiger partial charge on any atom is -0.411 e. The molecule has 68 valence electrons. The number of nitrogens with zero attached hydrogens (tertiary/aromatic N) is 1. The Bertz CT molecular complexity index is 232. The van der Waals surface area contributed by atoms with Crippen LogP contribution in [-0.2, 0) is 0 Å². The highest BCUT2D eigenvalue weighted by atomic mass is 16.4. The van der Waals surface area contributed by atoms with Gasteiger partial charge >= 0.3 is 0 Å². The van der Waals surface area contributed by atoms with E-state index >= 15 is 0 Å². The number of rotatable bonds is 0. The fourth-order valence-corrected chi connectivity index (χ4v) is 3.05. The number of hydrogen-bond donors (Lipinski definition) is 1. The van der Waals surface area contributed by atoms with Crippen molar-refractivity contribution in [3.8, 4) is 0 Å². The summed E-state index contributed by atoms with van der Waals surface area (Å²) in [7, 11) is 0. The van der Waals surface area contributed by atoms with Gasteiger partial charge in [-0.3, -0.25) is 0 Å². The molecule has 0 radical (unpaired) electrons. The number of oxime groups is 1. The fraction of sp³-hybridized carbons (Fsp3) is 0.900. The van der Waals surface area contributed by atoms with Crippen molar-refractivity contribution in [2.45, 2.75) is 33.6 Å². The van der Waals surface area contributed by atoms with Crippen LogP contribution in [0, 0.1) is 23.2 Å². The summed E-state index contributed by atoms with van der Waals surface area (Å²) in [6, 6.07) is 0. The number of fused-ring (bicyclic) bond motifs is 2. The van der Waals surface area contributed by atoms with Gasteiger partial charge in [0.2, 0.25) is 0 Å². The van der Waals surface area contributed by atoms with Crippen LogP contribution in [0.4, 0.5) is 0 Å². The van der Waals surface area contributed by atoms with E-state index in [1.54, 1.807) is 0 Å². The van der Waals surface area contributed by atoms with Crippen LogP contribution in [0.5, 0.6) is 0 Å². The third-order valence-electron chi connectivity index (χ3n) is 4.26. The van der Waals surface area contributed by atoms with Crippen LogP contribution >= 0.6 is 0 Å². The molecule has 0 aliphatic heterocycles. The molecule has 3 aliphatic rings. The van der Waals surface area contributed by atoms with E-state index in [-0.39, 0.29) is 0 Å². The van der Waals surface area contributed by atoms with E-state index in [9.17, 15) is 0 Å². The van der Waals surface area contributed by atoms with Gasteiger partial charge in [-0.2, -0.15) is 0 Å². The van der Waals surface area contributed by atoms with Gasteiger partial charge in [0, 0.05) is 5.92 Å². The summed E-state index contributed by atoms with van der Waals surface area (Å²) in [6.45, 7) is 6.88. The Kier molecular flexibility index (Phi) is 1.51. The maximum Gasteiger partial charge on any atom is 0.0604 e. The van der Waals surface area contributed by atoms with E-state index in [4.69, 9.17) is 5.21 Å². The Morgan fingerprint density at radius 2 is 2.17 bits per heavy atom. The Labute approximate surface area is 73.7 Å². The maximum atomic E-state index is 8.76. The molecule has 0 aromatic carbocycles. The van der Waals surface area contributed by atoms with E-state index in [0.29, 0.717) is 11.3 Å². The third kappa shape index (κ3) is 0.782. The standard InChI is InChI=1S/C10H17NO/c1-6-8-4-7(10(8,2)3)5-9(6)11-12/h6-8,12H,4-5H2,1-3H3/b11-9+/t6?,7-,8+/m0/s1. The van der Waals surface area contributed by atoms with Crippen LogP contribution in [0.2, 0.25) is 0 Å². The molecule has 0 heterocycles. The van der Waals surface area contributed by atoms with E-state index in [0.717, 1.165) is 24.0 Å². The van der Waals surface area contributed by atoms with Crippen LogP contribution in [0.1, 0.15) is 33.6 Å². The molecule has 12 heavy (non-hydrogen) atoms. The molecule has 2 heteroatoms. The van der Waals surface area contributed by atoms with E-state index < -0.39 is 0 Å². The Morgan fingerprint density at radius 3 is 2.58 bits per heavy atom. The van der Waals surface area contributed by atoms with Gasteiger partial charge in [-0.25, -0.2) is 0 Å². The molecule has 1 unspecified atom stereocenters.